The minimum atomic E-state index is -1.11. The summed E-state index contributed by atoms with van der Waals surface area (Å²) in [6, 6.07) is 17.6. The Kier molecular flexibility index (Phi) is 5.59. The van der Waals surface area contributed by atoms with Gasteiger partial charge in [0.2, 0.25) is 0 Å². The predicted octanol–water partition coefficient (Wildman–Crippen LogP) is 4.35. The summed E-state index contributed by atoms with van der Waals surface area (Å²) in [5, 5.41) is 21.9. The summed E-state index contributed by atoms with van der Waals surface area (Å²) in [5.74, 6) is 2.39. The van der Waals surface area contributed by atoms with Crippen molar-refractivity contribution in [3.63, 3.8) is 0 Å². The van der Waals surface area contributed by atoms with Crippen LogP contribution >= 0.6 is 0 Å². The average Bonchev–Trinajstić information content (AvgIpc) is 3.58. The van der Waals surface area contributed by atoms with Crippen LogP contribution in [0.2, 0.25) is 0 Å². The first-order chi connectivity index (χ1) is 17.4. The van der Waals surface area contributed by atoms with Crippen molar-refractivity contribution in [3.05, 3.63) is 83.9 Å². The Bertz CT molecular complexity index is 1380. The number of nitrogens with zero attached hydrogens (tertiary/aromatic N) is 4. The number of hydrogen-bond acceptors (Lipinski definition) is 6. The third-order valence-corrected chi connectivity index (χ3v) is 8.34. The van der Waals surface area contributed by atoms with Crippen molar-refractivity contribution in [2.24, 2.45) is 11.8 Å². The Hall–Kier alpha value is -3.26. The number of imidazole rings is 1. The Morgan fingerprint density at radius 3 is 2.50 bits per heavy atom. The molecule has 5 atom stereocenters. The van der Waals surface area contributed by atoms with E-state index in [0.29, 0.717) is 17.7 Å². The molecule has 7 heteroatoms. The van der Waals surface area contributed by atoms with E-state index in [1.807, 2.05) is 74.6 Å². The van der Waals surface area contributed by atoms with Gasteiger partial charge < -0.3 is 15.9 Å². The Morgan fingerprint density at radius 2 is 1.78 bits per heavy atom. The van der Waals surface area contributed by atoms with Crippen LogP contribution in [0.1, 0.15) is 56.1 Å². The zero-order valence-electron chi connectivity index (χ0n) is 20.7. The fourth-order valence-electron chi connectivity index (χ4n) is 6.44. The SMILES string of the molecule is CC(O)N1CC2CCCC2C1c1nc(-c2ccc(C(C)(O)c3ccccc3)cc2)c2c(N)nccn12. The van der Waals surface area contributed by atoms with Crippen molar-refractivity contribution in [2.45, 2.75) is 51.0 Å². The van der Waals surface area contributed by atoms with Crippen molar-refractivity contribution < 1.29 is 10.2 Å². The van der Waals surface area contributed by atoms with Gasteiger partial charge in [-0.2, -0.15) is 0 Å². The van der Waals surface area contributed by atoms with Gasteiger partial charge in [0.15, 0.2) is 0 Å². The molecule has 2 aromatic heterocycles. The lowest BCUT2D eigenvalue weighted by Crippen LogP contribution is -2.35. The highest BCUT2D eigenvalue weighted by Gasteiger charge is 2.48. The van der Waals surface area contributed by atoms with E-state index < -0.39 is 11.8 Å². The van der Waals surface area contributed by atoms with Crippen molar-refractivity contribution in [3.8, 4) is 11.3 Å². The third kappa shape index (κ3) is 3.61. The van der Waals surface area contributed by atoms with E-state index in [4.69, 9.17) is 10.7 Å². The summed E-state index contributed by atoms with van der Waals surface area (Å²) in [6.45, 7) is 4.55. The first kappa shape index (κ1) is 23.2. The van der Waals surface area contributed by atoms with E-state index in [1.54, 1.807) is 6.20 Å². The summed E-state index contributed by atoms with van der Waals surface area (Å²) in [6.07, 6.45) is 6.66. The normalized spacial score (nSPS) is 24.6. The van der Waals surface area contributed by atoms with Crippen LogP contribution in [0, 0.1) is 11.8 Å². The maximum atomic E-state index is 11.3. The molecule has 0 radical (unpaired) electrons. The van der Waals surface area contributed by atoms with E-state index in [2.05, 4.69) is 14.3 Å². The van der Waals surface area contributed by atoms with Crippen LogP contribution in [-0.2, 0) is 5.60 Å². The van der Waals surface area contributed by atoms with Gasteiger partial charge in [-0.1, -0.05) is 61.0 Å². The van der Waals surface area contributed by atoms with Gasteiger partial charge in [0.25, 0.3) is 0 Å². The third-order valence-electron chi connectivity index (χ3n) is 8.34. The molecule has 7 nitrogen and oxygen atoms in total. The molecule has 4 aromatic rings. The smallest absolute Gasteiger partial charge is 0.150 e. The van der Waals surface area contributed by atoms with Gasteiger partial charge in [0.05, 0.1) is 6.04 Å². The minimum Gasteiger partial charge on any atom is -0.382 e. The Labute approximate surface area is 211 Å². The lowest BCUT2D eigenvalue weighted by molar-refractivity contribution is -0.00187. The molecule has 2 fully saturated rings. The molecule has 1 aliphatic heterocycles. The molecule has 3 heterocycles. The highest BCUT2D eigenvalue weighted by atomic mass is 16.3. The number of aliphatic hydroxyl groups excluding tert-OH is 1. The largest absolute Gasteiger partial charge is 0.382 e. The van der Waals surface area contributed by atoms with E-state index in [1.165, 1.54) is 12.8 Å². The number of rotatable bonds is 5. The molecule has 186 valence electrons. The van der Waals surface area contributed by atoms with Crippen LogP contribution in [0.4, 0.5) is 5.82 Å². The number of aliphatic hydroxyl groups is 2. The first-order valence-corrected chi connectivity index (χ1v) is 12.8. The number of fused-ring (bicyclic) bond motifs is 2. The summed E-state index contributed by atoms with van der Waals surface area (Å²) in [5.41, 5.74) is 9.40. The number of benzene rings is 2. The van der Waals surface area contributed by atoms with Crippen molar-refractivity contribution >= 4 is 11.3 Å². The van der Waals surface area contributed by atoms with Gasteiger partial charge in [0, 0.05) is 24.5 Å². The maximum Gasteiger partial charge on any atom is 0.150 e. The molecule has 0 amide bonds. The van der Waals surface area contributed by atoms with Crippen LogP contribution in [0.25, 0.3) is 16.8 Å². The second-order valence-corrected chi connectivity index (χ2v) is 10.5. The summed E-state index contributed by atoms with van der Waals surface area (Å²) >= 11 is 0. The molecular formula is C29H33N5O2. The van der Waals surface area contributed by atoms with Gasteiger partial charge >= 0.3 is 0 Å². The number of hydrogen-bond donors (Lipinski definition) is 3. The number of nitrogen functional groups attached to an aromatic ring is 1. The van der Waals surface area contributed by atoms with E-state index >= 15 is 0 Å². The molecule has 1 saturated heterocycles. The topological polar surface area (TPSA) is 99.9 Å². The zero-order valence-corrected chi connectivity index (χ0v) is 20.7. The van der Waals surface area contributed by atoms with E-state index in [-0.39, 0.29) is 6.04 Å². The average molecular weight is 484 g/mol. The molecule has 1 aliphatic carbocycles. The van der Waals surface area contributed by atoms with Crippen LogP contribution < -0.4 is 5.73 Å². The minimum absolute atomic E-state index is 0.0265. The molecule has 1 saturated carbocycles. The number of anilines is 1. The number of aromatic nitrogens is 3. The number of nitrogens with two attached hydrogens (primary N) is 1. The lowest BCUT2D eigenvalue weighted by Gasteiger charge is -2.29. The zero-order chi connectivity index (χ0) is 25.0. The summed E-state index contributed by atoms with van der Waals surface area (Å²) in [4.78, 5) is 11.7. The highest BCUT2D eigenvalue weighted by molar-refractivity contribution is 5.85. The van der Waals surface area contributed by atoms with E-state index in [0.717, 1.165) is 46.7 Å². The first-order valence-electron chi connectivity index (χ1n) is 12.8. The van der Waals surface area contributed by atoms with Crippen molar-refractivity contribution in [2.75, 3.05) is 12.3 Å². The summed E-state index contributed by atoms with van der Waals surface area (Å²) < 4.78 is 2.06. The molecule has 6 rings (SSSR count). The Morgan fingerprint density at radius 1 is 1.06 bits per heavy atom. The molecule has 0 bridgehead atoms. The van der Waals surface area contributed by atoms with E-state index in [9.17, 15) is 10.2 Å². The fourth-order valence-corrected chi connectivity index (χ4v) is 6.44. The standard InChI is InChI=1S/C29H33N5O2/c1-18(35)34-17-20-7-6-10-23(20)25(34)28-32-24(26-27(30)31-15-16-33(26)28)19-11-13-22(14-12-19)29(2,36)21-8-4-3-5-9-21/h3-5,8-9,11-16,18,20,23,25,35-36H,6-7,10,17H2,1-2H3,(H2,30,31). The molecule has 0 spiro atoms. The molecule has 2 aliphatic rings. The van der Waals surface area contributed by atoms with Crippen LogP contribution in [0.3, 0.4) is 0 Å². The van der Waals surface area contributed by atoms with Gasteiger partial charge in [-0.25, -0.2) is 9.97 Å². The van der Waals surface area contributed by atoms with Crippen LogP contribution in [0.15, 0.2) is 67.0 Å². The van der Waals surface area contributed by atoms with Crippen LogP contribution in [0.5, 0.6) is 0 Å². The molecular weight excluding hydrogens is 450 g/mol. The summed E-state index contributed by atoms with van der Waals surface area (Å²) in [7, 11) is 0. The molecule has 36 heavy (non-hydrogen) atoms. The molecule has 5 unspecified atom stereocenters. The fraction of sp³-hybridized carbons (Fsp3) is 0.379. The predicted molar refractivity (Wildman–Crippen MR) is 140 cm³/mol. The molecule has 4 N–H and O–H groups in total. The van der Waals surface area contributed by atoms with Crippen molar-refractivity contribution in [1.29, 1.82) is 0 Å². The van der Waals surface area contributed by atoms with Gasteiger partial charge in [-0.05, 0) is 49.7 Å². The van der Waals surface area contributed by atoms with Gasteiger partial charge in [0.1, 0.15) is 34.7 Å². The second kappa shape index (κ2) is 8.69. The second-order valence-electron chi connectivity index (χ2n) is 10.5. The van der Waals surface area contributed by atoms with Gasteiger partial charge in [-0.15, -0.1) is 0 Å². The monoisotopic (exact) mass is 483 g/mol. The Balaban J connectivity index is 1.44. The quantitative estimate of drug-likeness (QED) is 0.390. The molecule has 2 aromatic carbocycles. The maximum absolute atomic E-state index is 11.3. The van der Waals surface area contributed by atoms with Gasteiger partial charge in [-0.3, -0.25) is 9.30 Å². The van der Waals surface area contributed by atoms with Crippen LogP contribution in [-0.4, -0.2) is 42.3 Å². The number of likely N-dealkylation sites (tertiary alicyclic amines) is 1. The van der Waals surface area contributed by atoms with Crippen molar-refractivity contribution in [1.82, 2.24) is 19.3 Å². The highest BCUT2D eigenvalue weighted by Crippen LogP contribution is 2.50. The lowest BCUT2D eigenvalue weighted by atomic mass is 9.87.